The first-order valence-corrected chi connectivity index (χ1v) is 9.85. The van der Waals surface area contributed by atoms with Crippen LogP contribution < -0.4 is 5.43 Å². The second-order valence-corrected chi connectivity index (χ2v) is 7.47. The topological polar surface area (TPSA) is 74.8 Å². The van der Waals surface area contributed by atoms with Crippen LogP contribution in [0.5, 0.6) is 5.75 Å². The highest BCUT2D eigenvalue weighted by Gasteiger charge is 2.25. The molecule has 2 heterocycles. The van der Waals surface area contributed by atoms with Crippen molar-refractivity contribution in [2.75, 3.05) is 0 Å². The fourth-order valence-corrected chi connectivity index (χ4v) is 3.91. The molecule has 0 fully saturated rings. The molecule has 0 bridgehead atoms. The molecule has 5 heteroatoms. The fourth-order valence-electron chi connectivity index (χ4n) is 3.91. The number of carbonyl (C=O) groups excluding carboxylic acids is 1. The zero-order chi connectivity index (χ0) is 20.7. The van der Waals surface area contributed by atoms with Crippen LogP contribution in [0, 0.1) is 6.92 Å². The lowest BCUT2D eigenvalue weighted by Crippen LogP contribution is -2.09. The van der Waals surface area contributed by atoms with E-state index in [1.165, 1.54) is 0 Å². The zero-order valence-electron chi connectivity index (χ0n) is 16.4. The molecule has 5 rings (SSSR count). The summed E-state index contributed by atoms with van der Waals surface area (Å²) in [6.07, 6.45) is 0.662. The summed E-state index contributed by atoms with van der Waals surface area (Å²) < 4.78 is 5.84. The minimum absolute atomic E-state index is 0.0666. The molecule has 2 N–H and O–H groups in total. The molecule has 4 aromatic rings. The lowest BCUT2D eigenvalue weighted by Gasteiger charge is -2.09. The van der Waals surface area contributed by atoms with Gasteiger partial charge >= 0.3 is 0 Å². The lowest BCUT2D eigenvalue weighted by molar-refractivity contribution is 0.101. The Morgan fingerprint density at radius 3 is 2.50 bits per heavy atom. The SMILES string of the molecule is Cc1c(C(=O)c2ccccc2)oc2cc(O)c(C3=NN[C@H](c4ccccc4)C3)cc12. The molecule has 0 saturated carbocycles. The number of ketones is 1. The van der Waals surface area contributed by atoms with Crippen LogP contribution in [-0.2, 0) is 0 Å². The molecular weight excluding hydrogens is 376 g/mol. The molecule has 30 heavy (non-hydrogen) atoms. The quantitative estimate of drug-likeness (QED) is 0.470. The predicted molar refractivity (Wildman–Crippen MR) is 116 cm³/mol. The van der Waals surface area contributed by atoms with E-state index in [4.69, 9.17) is 4.42 Å². The normalized spacial score (nSPS) is 15.8. The van der Waals surface area contributed by atoms with Crippen molar-refractivity contribution in [3.63, 3.8) is 0 Å². The number of rotatable bonds is 4. The van der Waals surface area contributed by atoms with E-state index in [0.717, 1.165) is 22.2 Å². The summed E-state index contributed by atoms with van der Waals surface area (Å²) in [6.45, 7) is 1.87. The van der Waals surface area contributed by atoms with Gasteiger partial charge in [-0.25, -0.2) is 0 Å². The van der Waals surface area contributed by atoms with Gasteiger partial charge in [-0.2, -0.15) is 5.10 Å². The molecule has 3 aromatic carbocycles. The summed E-state index contributed by atoms with van der Waals surface area (Å²) in [5.41, 5.74) is 7.54. The van der Waals surface area contributed by atoms with Crippen LogP contribution in [-0.4, -0.2) is 16.6 Å². The maximum atomic E-state index is 12.9. The highest BCUT2D eigenvalue weighted by atomic mass is 16.3. The van der Waals surface area contributed by atoms with E-state index >= 15 is 0 Å². The largest absolute Gasteiger partial charge is 0.507 e. The van der Waals surface area contributed by atoms with Gasteiger partial charge in [-0.15, -0.1) is 0 Å². The van der Waals surface area contributed by atoms with Crippen LogP contribution in [0.2, 0.25) is 0 Å². The minimum atomic E-state index is -0.172. The van der Waals surface area contributed by atoms with E-state index in [2.05, 4.69) is 22.7 Å². The third-order valence-electron chi connectivity index (χ3n) is 5.56. The van der Waals surface area contributed by atoms with Crippen molar-refractivity contribution < 1.29 is 14.3 Å². The number of hydrogen-bond acceptors (Lipinski definition) is 5. The van der Waals surface area contributed by atoms with Crippen molar-refractivity contribution in [1.82, 2.24) is 5.43 Å². The number of fused-ring (bicyclic) bond motifs is 1. The zero-order valence-corrected chi connectivity index (χ0v) is 16.4. The second-order valence-electron chi connectivity index (χ2n) is 7.47. The van der Waals surface area contributed by atoms with Gasteiger partial charge in [-0.1, -0.05) is 60.7 Å². The van der Waals surface area contributed by atoms with Gasteiger partial charge in [0, 0.05) is 34.6 Å². The second kappa shape index (κ2) is 7.19. The third-order valence-corrected chi connectivity index (χ3v) is 5.56. The Hall–Kier alpha value is -3.86. The number of carbonyl (C=O) groups is 1. The van der Waals surface area contributed by atoms with Crippen molar-refractivity contribution in [3.05, 3.63) is 101 Å². The van der Waals surface area contributed by atoms with Crippen molar-refractivity contribution in [2.45, 2.75) is 19.4 Å². The molecule has 0 unspecified atom stereocenters. The number of aromatic hydroxyl groups is 1. The van der Waals surface area contributed by atoms with Gasteiger partial charge in [0.15, 0.2) is 5.76 Å². The molecule has 1 aromatic heterocycles. The van der Waals surface area contributed by atoms with E-state index in [1.54, 1.807) is 18.2 Å². The summed E-state index contributed by atoms with van der Waals surface area (Å²) in [7, 11) is 0. The van der Waals surface area contributed by atoms with Gasteiger partial charge < -0.3 is 14.9 Å². The first-order valence-electron chi connectivity index (χ1n) is 9.85. The number of nitrogens with one attached hydrogen (secondary N) is 1. The molecule has 0 saturated heterocycles. The van der Waals surface area contributed by atoms with Crippen molar-refractivity contribution in [1.29, 1.82) is 0 Å². The fraction of sp³-hybridized carbons (Fsp3) is 0.120. The average Bonchev–Trinajstić information content (AvgIpc) is 3.39. The third kappa shape index (κ3) is 3.05. The van der Waals surface area contributed by atoms with Gasteiger partial charge in [0.25, 0.3) is 0 Å². The van der Waals surface area contributed by atoms with E-state index in [0.29, 0.717) is 28.9 Å². The Morgan fingerprint density at radius 2 is 1.77 bits per heavy atom. The van der Waals surface area contributed by atoms with Gasteiger partial charge in [-0.05, 0) is 18.6 Å². The van der Waals surface area contributed by atoms with Gasteiger partial charge in [0.1, 0.15) is 11.3 Å². The van der Waals surface area contributed by atoms with Gasteiger partial charge in [-0.3, -0.25) is 4.79 Å². The number of phenols is 1. The average molecular weight is 396 g/mol. The van der Waals surface area contributed by atoms with Crippen LogP contribution in [0.15, 0.2) is 82.3 Å². The minimum Gasteiger partial charge on any atom is -0.507 e. The molecule has 1 aliphatic rings. The molecule has 1 atom stereocenters. The first kappa shape index (κ1) is 18.2. The van der Waals surface area contributed by atoms with Crippen molar-refractivity contribution in [2.24, 2.45) is 5.10 Å². The Labute approximate surface area is 173 Å². The predicted octanol–water partition coefficient (Wildman–Crippen LogP) is 5.12. The molecule has 0 radical (unpaired) electrons. The Kier molecular flexibility index (Phi) is 4.36. The molecular formula is C25H20N2O3. The maximum Gasteiger partial charge on any atom is 0.228 e. The number of hydrogen-bond donors (Lipinski definition) is 2. The summed E-state index contributed by atoms with van der Waals surface area (Å²) in [5, 5.41) is 15.9. The van der Waals surface area contributed by atoms with Crippen molar-refractivity contribution in [3.8, 4) is 5.75 Å². The van der Waals surface area contributed by atoms with Crippen molar-refractivity contribution >= 4 is 22.5 Å². The monoisotopic (exact) mass is 396 g/mol. The number of furan rings is 1. The Bertz CT molecular complexity index is 1270. The van der Waals surface area contributed by atoms with Crippen LogP contribution >= 0.6 is 0 Å². The van der Waals surface area contributed by atoms with E-state index in [-0.39, 0.29) is 17.6 Å². The maximum absolute atomic E-state index is 12.9. The van der Waals surface area contributed by atoms with Crippen LogP contribution in [0.25, 0.3) is 11.0 Å². The van der Waals surface area contributed by atoms with E-state index < -0.39 is 0 Å². The molecule has 148 valence electrons. The number of benzene rings is 3. The van der Waals surface area contributed by atoms with Gasteiger partial charge in [0.05, 0.1) is 11.8 Å². The van der Waals surface area contributed by atoms with Crippen LogP contribution in [0.1, 0.15) is 45.3 Å². The number of hydrazone groups is 1. The molecule has 0 spiro atoms. The molecule has 0 aliphatic carbocycles. The Balaban J connectivity index is 1.50. The first-order chi connectivity index (χ1) is 14.6. The highest BCUT2D eigenvalue weighted by molar-refractivity contribution is 6.12. The molecule has 5 nitrogen and oxygen atoms in total. The summed E-state index contributed by atoms with van der Waals surface area (Å²) in [4.78, 5) is 12.9. The molecule has 1 aliphatic heterocycles. The highest BCUT2D eigenvalue weighted by Crippen LogP contribution is 2.35. The van der Waals surface area contributed by atoms with E-state index in [1.807, 2.05) is 49.4 Å². The molecule has 0 amide bonds. The summed E-state index contributed by atoms with van der Waals surface area (Å²) in [5.74, 6) is 0.208. The van der Waals surface area contributed by atoms with E-state index in [9.17, 15) is 9.90 Å². The standard InChI is InChI=1S/C25H20N2O3/c1-15-18-12-19(21-13-20(26-27-21)16-8-4-2-5-9-16)22(28)14-23(18)30-25(15)24(29)17-10-6-3-7-11-17/h2-12,14,20,26,28H,13H2,1H3/t20-/m0/s1. The van der Waals surface area contributed by atoms with Crippen LogP contribution in [0.3, 0.4) is 0 Å². The number of aryl methyl sites for hydroxylation is 1. The smallest absolute Gasteiger partial charge is 0.228 e. The van der Waals surface area contributed by atoms with Crippen LogP contribution in [0.4, 0.5) is 0 Å². The lowest BCUT2D eigenvalue weighted by atomic mass is 9.97. The number of phenolic OH excluding ortho intramolecular Hbond substituents is 1. The summed E-state index contributed by atoms with van der Waals surface area (Å²) >= 11 is 0. The number of nitrogens with zero attached hydrogens (tertiary/aromatic N) is 1. The van der Waals surface area contributed by atoms with Gasteiger partial charge in [0.2, 0.25) is 5.78 Å². The summed E-state index contributed by atoms with van der Waals surface area (Å²) in [6, 6.07) is 22.6. The Morgan fingerprint density at radius 1 is 1.07 bits per heavy atom.